The molecule has 0 amide bonds. The van der Waals surface area contributed by atoms with E-state index in [0.717, 1.165) is 31.0 Å². The summed E-state index contributed by atoms with van der Waals surface area (Å²) in [5.74, 6) is 1.68. The van der Waals surface area contributed by atoms with Crippen LogP contribution in [0.15, 0.2) is 12.4 Å². The van der Waals surface area contributed by atoms with Gasteiger partial charge in [-0.15, -0.1) is 0 Å². The van der Waals surface area contributed by atoms with Crippen LogP contribution in [0.1, 0.15) is 12.1 Å². The van der Waals surface area contributed by atoms with Crippen LogP contribution in [0.3, 0.4) is 0 Å². The minimum Gasteiger partial charge on any atom is -0.359 e. The Bertz CT molecular complexity index is 492. The molecule has 1 N–H and O–H groups in total. The zero-order chi connectivity index (χ0) is 12.3. The molecule has 0 atom stereocenters. The Kier molecular flexibility index (Phi) is 3.53. The summed E-state index contributed by atoms with van der Waals surface area (Å²) in [4.78, 5) is 10.6. The van der Waals surface area contributed by atoms with Crippen molar-refractivity contribution in [1.29, 1.82) is 0 Å². The van der Waals surface area contributed by atoms with Crippen LogP contribution in [-0.2, 0) is 0 Å². The highest BCUT2D eigenvalue weighted by atomic mass is 15.4. The van der Waals surface area contributed by atoms with Gasteiger partial charge >= 0.3 is 0 Å². The second-order valence-corrected chi connectivity index (χ2v) is 4.11. The first-order chi connectivity index (χ1) is 8.22. The molecule has 0 aliphatic carbocycles. The van der Waals surface area contributed by atoms with Crippen LogP contribution in [0.4, 0.5) is 5.82 Å². The first kappa shape index (κ1) is 11.8. The van der Waals surface area contributed by atoms with Gasteiger partial charge in [0.15, 0.2) is 0 Å². The highest BCUT2D eigenvalue weighted by Crippen LogP contribution is 2.14. The summed E-state index contributed by atoms with van der Waals surface area (Å²) in [7, 11) is 4.03. The summed E-state index contributed by atoms with van der Waals surface area (Å²) >= 11 is 0. The maximum atomic E-state index is 4.33. The van der Waals surface area contributed by atoms with E-state index in [0.29, 0.717) is 5.78 Å². The minimum atomic E-state index is 0.653. The Labute approximate surface area is 101 Å². The van der Waals surface area contributed by atoms with Gasteiger partial charge in [0, 0.05) is 25.4 Å². The molecule has 0 aliphatic heterocycles. The molecule has 2 aromatic rings. The minimum absolute atomic E-state index is 0.653. The van der Waals surface area contributed by atoms with Crippen LogP contribution in [-0.4, -0.2) is 46.8 Å². The first-order valence-corrected chi connectivity index (χ1v) is 5.75. The molecule has 0 aromatic carbocycles. The zero-order valence-electron chi connectivity index (χ0n) is 10.5. The Morgan fingerprint density at radius 3 is 3.06 bits per heavy atom. The lowest BCUT2D eigenvalue weighted by Gasteiger charge is -2.19. The fourth-order valence-electron chi connectivity index (χ4n) is 1.79. The quantitative estimate of drug-likeness (QED) is 0.762. The molecular formula is C11H18N6. The van der Waals surface area contributed by atoms with Gasteiger partial charge in [-0.1, -0.05) is 0 Å². The van der Waals surface area contributed by atoms with E-state index in [1.807, 2.05) is 20.0 Å². The lowest BCUT2D eigenvalue weighted by Crippen LogP contribution is -2.24. The van der Waals surface area contributed by atoms with Gasteiger partial charge in [0.2, 0.25) is 0 Å². The number of nitrogens with zero attached hydrogens (tertiary/aromatic N) is 5. The van der Waals surface area contributed by atoms with Gasteiger partial charge in [-0.05, 0) is 26.9 Å². The molecule has 0 fully saturated rings. The van der Waals surface area contributed by atoms with Crippen molar-refractivity contribution in [3.05, 3.63) is 18.1 Å². The van der Waals surface area contributed by atoms with Gasteiger partial charge in [-0.3, -0.25) is 0 Å². The van der Waals surface area contributed by atoms with E-state index in [-0.39, 0.29) is 0 Å². The third-order valence-electron chi connectivity index (χ3n) is 2.67. The Morgan fingerprint density at radius 1 is 1.47 bits per heavy atom. The smallest absolute Gasteiger partial charge is 0.254 e. The van der Waals surface area contributed by atoms with E-state index in [4.69, 9.17) is 0 Å². The lowest BCUT2D eigenvalue weighted by molar-refractivity contribution is 0.702. The lowest BCUT2D eigenvalue weighted by atomic mass is 10.3. The normalized spacial score (nSPS) is 11.0. The molecular weight excluding hydrogens is 216 g/mol. The third-order valence-corrected chi connectivity index (χ3v) is 2.67. The van der Waals surface area contributed by atoms with E-state index in [9.17, 15) is 0 Å². The molecule has 6 nitrogen and oxygen atoms in total. The van der Waals surface area contributed by atoms with E-state index in [1.165, 1.54) is 6.33 Å². The second kappa shape index (κ2) is 5.09. The number of rotatable bonds is 5. The topological polar surface area (TPSA) is 58.3 Å². The molecule has 17 heavy (non-hydrogen) atoms. The van der Waals surface area contributed by atoms with Crippen LogP contribution >= 0.6 is 0 Å². The van der Waals surface area contributed by atoms with E-state index >= 15 is 0 Å². The first-order valence-electron chi connectivity index (χ1n) is 5.75. The van der Waals surface area contributed by atoms with E-state index in [1.54, 1.807) is 4.52 Å². The maximum Gasteiger partial charge on any atom is 0.254 e. The molecule has 92 valence electrons. The average molecular weight is 234 g/mol. The van der Waals surface area contributed by atoms with Gasteiger partial charge in [-0.25, -0.2) is 4.98 Å². The molecule has 0 saturated carbocycles. The number of hydrogen-bond donors (Lipinski definition) is 1. The highest BCUT2D eigenvalue weighted by Gasteiger charge is 2.09. The van der Waals surface area contributed by atoms with Crippen molar-refractivity contribution in [3.8, 4) is 0 Å². The van der Waals surface area contributed by atoms with Gasteiger partial charge in [0.25, 0.3) is 5.78 Å². The summed E-state index contributed by atoms with van der Waals surface area (Å²) in [5.41, 5.74) is 0.959. The summed E-state index contributed by atoms with van der Waals surface area (Å²) < 4.78 is 1.77. The van der Waals surface area contributed by atoms with Crippen molar-refractivity contribution in [1.82, 2.24) is 24.9 Å². The van der Waals surface area contributed by atoms with Crippen molar-refractivity contribution in [2.45, 2.75) is 13.3 Å². The van der Waals surface area contributed by atoms with Crippen LogP contribution < -0.4 is 10.2 Å². The predicted molar refractivity (Wildman–Crippen MR) is 67.3 cm³/mol. The fraction of sp³-hybridized carbons (Fsp3) is 0.545. The van der Waals surface area contributed by atoms with Crippen molar-refractivity contribution in [2.24, 2.45) is 0 Å². The summed E-state index contributed by atoms with van der Waals surface area (Å²) in [6, 6.07) is 2.03. The fourth-order valence-corrected chi connectivity index (χ4v) is 1.79. The molecule has 0 radical (unpaired) electrons. The molecule has 0 bridgehead atoms. The van der Waals surface area contributed by atoms with Crippen LogP contribution in [0.25, 0.3) is 5.78 Å². The average Bonchev–Trinajstić information content (AvgIpc) is 2.75. The third kappa shape index (κ3) is 2.52. The summed E-state index contributed by atoms with van der Waals surface area (Å²) in [6.07, 6.45) is 2.62. The number of aryl methyl sites for hydroxylation is 1. The molecule has 2 heterocycles. The molecule has 0 spiro atoms. The zero-order valence-corrected chi connectivity index (χ0v) is 10.5. The van der Waals surface area contributed by atoms with Crippen molar-refractivity contribution in [3.63, 3.8) is 0 Å². The molecule has 2 aromatic heterocycles. The number of nitrogens with one attached hydrogen (secondary N) is 1. The molecule has 2 rings (SSSR count). The Balaban J connectivity index is 2.24. The van der Waals surface area contributed by atoms with Gasteiger partial charge in [0.1, 0.15) is 12.1 Å². The Hall–Kier alpha value is -1.69. The van der Waals surface area contributed by atoms with Crippen molar-refractivity contribution in [2.75, 3.05) is 32.1 Å². The maximum absolute atomic E-state index is 4.33. The van der Waals surface area contributed by atoms with Crippen LogP contribution in [0, 0.1) is 6.92 Å². The van der Waals surface area contributed by atoms with Gasteiger partial charge in [-0.2, -0.15) is 14.6 Å². The van der Waals surface area contributed by atoms with Crippen molar-refractivity contribution >= 4 is 11.6 Å². The van der Waals surface area contributed by atoms with E-state index < -0.39 is 0 Å². The molecule has 6 heteroatoms. The van der Waals surface area contributed by atoms with Crippen LogP contribution in [0.2, 0.25) is 0 Å². The molecule has 0 saturated heterocycles. The summed E-state index contributed by atoms with van der Waals surface area (Å²) in [6.45, 7) is 3.95. The standard InChI is InChI=1S/C11H18N6/c1-9-7-10(16(3)6-4-5-12-2)17-11(15-9)13-8-14-17/h7-8,12H,4-6H2,1-3H3. The largest absolute Gasteiger partial charge is 0.359 e. The predicted octanol–water partition coefficient (Wildman–Crippen LogP) is 0.478. The monoisotopic (exact) mass is 234 g/mol. The van der Waals surface area contributed by atoms with Crippen molar-refractivity contribution < 1.29 is 0 Å². The number of anilines is 1. The van der Waals surface area contributed by atoms with Gasteiger partial charge in [0.05, 0.1) is 0 Å². The van der Waals surface area contributed by atoms with Gasteiger partial charge < -0.3 is 10.2 Å². The highest BCUT2D eigenvalue weighted by molar-refractivity contribution is 5.46. The number of aromatic nitrogens is 4. The molecule has 0 aliphatic rings. The van der Waals surface area contributed by atoms with E-state index in [2.05, 4.69) is 32.3 Å². The second-order valence-electron chi connectivity index (χ2n) is 4.11. The molecule has 0 unspecified atom stereocenters. The Morgan fingerprint density at radius 2 is 2.29 bits per heavy atom. The SMILES string of the molecule is CNCCCN(C)c1cc(C)nc2ncnn12. The number of hydrogen-bond acceptors (Lipinski definition) is 5. The number of fused-ring (bicyclic) bond motifs is 1. The summed E-state index contributed by atoms with van der Waals surface area (Å²) in [5, 5.41) is 7.34. The van der Waals surface area contributed by atoms with Crippen LogP contribution in [0.5, 0.6) is 0 Å².